The Hall–Kier alpha value is -3.52. The predicted octanol–water partition coefficient (Wildman–Crippen LogP) is 3.44. The lowest BCUT2D eigenvalue weighted by Crippen LogP contribution is -2.23. The second-order valence-corrected chi connectivity index (χ2v) is 5.94. The zero-order valence-corrected chi connectivity index (χ0v) is 14.7. The van der Waals surface area contributed by atoms with Crippen molar-refractivity contribution in [3.63, 3.8) is 0 Å². The molecule has 0 saturated carbocycles. The van der Waals surface area contributed by atoms with Crippen LogP contribution in [0.25, 0.3) is 22.8 Å². The number of benzene rings is 2. The largest absolute Gasteiger partial charge is 0.436 e. The average molecular weight is 345 g/mol. The molecule has 0 fully saturated rings. The van der Waals surface area contributed by atoms with E-state index in [-0.39, 0.29) is 12.5 Å². The minimum absolute atomic E-state index is 0.205. The van der Waals surface area contributed by atoms with Gasteiger partial charge in [-0.1, -0.05) is 5.92 Å². The maximum absolute atomic E-state index is 11.9. The average Bonchev–Trinajstić information content (AvgIpc) is 3.16. The highest BCUT2D eigenvalue weighted by atomic mass is 16.4. The van der Waals surface area contributed by atoms with Crippen LogP contribution in [0.5, 0.6) is 0 Å². The van der Waals surface area contributed by atoms with Gasteiger partial charge in [-0.2, -0.15) is 0 Å². The van der Waals surface area contributed by atoms with E-state index in [2.05, 4.69) is 16.2 Å². The normalized spacial score (nSPS) is 10.2. The van der Waals surface area contributed by atoms with Gasteiger partial charge in [0, 0.05) is 36.5 Å². The maximum Gasteiger partial charge on any atom is 0.252 e. The van der Waals surface area contributed by atoms with Crippen molar-refractivity contribution in [2.24, 2.45) is 0 Å². The summed E-state index contributed by atoms with van der Waals surface area (Å²) < 4.78 is 5.87. The quantitative estimate of drug-likeness (QED) is 0.720. The Bertz CT molecular complexity index is 933. The molecule has 26 heavy (non-hydrogen) atoms. The van der Waals surface area contributed by atoms with Gasteiger partial charge >= 0.3 is 0 Å². The number of terminal acetylenes is 1. The van der Waals surface area contributed by atoms with Crippen molar-refractivity contribution in [3.8, 4) is 35.1 Å². The number of carbonyl (C=O) groups excluding carboxylic acids is 1. The lowest BCUT2D eigenvalue weighted by Gasteiger charge is -2.11. The zero-order valence-electron chi connectivity index (χ0n) is 14.7. The van der Waals surface area contributed by atoms with Crippen LogP contribution in [0.15, 0.2) is 59.1 Å². The molecule has 3 aromatic rings. The van der Waals surface area contributed by atoms with Crippen molar-refractivity contribution in [3.05, 3.63) is 60.3 Å². The van der Waals surface area contributed by atoms with E-state index in [1.165, 1.54) is 0 Å². The van der Waals surface area contributed by atoms with Gasteiger partial charge in [-0.05, 0) is 48.5 Å². The minimum atomic E-state index is -0.205. The van der Waals surface area contributed by atoms with Crippen LogP contribution >= 0.6 is 0 Å². The number of hydrogen-bond acceptors (Lipinski definition) is 4. The third-order valence-corrected chi connectivity index (χ3v) is 3.92. The molecule has 5 heteroatoms. The first-order valence-corrected chi connectivity index (χ1v) is 8.14. The van der Waals surface area contributed by atoms with Crippen LogP contribution in [-0.4, -0.2) is 31.5 Å². The van der Waals surface area contributed by atoms with Crippen LogP contribution in [0.3, 0.4) is 0 Å². The molecule has 130 valence electrons. The Kier molecular flexibility index (Phi) is 5.04. The van der Waals surface area contributed by atoms with Crippen molar-refractivity contribution >= 4 is 11.6 Å². The third-order valence-electron chi connectivity index (χ3n) is 3.92. The van der Waals surface area contributed by atoms with Crippen LogP contribution in [-0.2, 0) is 0 Å². The Morgan fingerprint density at radius 3 is 2.38 bits per heavy atom. The molecule has 1 aromatic heterocycles. The number of nitrogens with one attached hydrogen (secondary N) is 1. The van der Waals surface area contributed by atoms with Gasteiger partial charge in [-0.15, -0.1) is 6.42 Å². The molecule has 0 spiro atoms. The van der Waals surface area contributed by atoms with E-state index in [4.69, 9.17) is 10.8 Å². The number of oxazole rings is 1. The van der Waals surface area contributed by atoms with Gasteiger partial charge in [0.1, 0.15) is 0 Å². The van der Waals surface area contributed by atoms with Crippen LogP contribution in [0.1, 0.15) is 10.4 Å². The molecule has 0 aliphatic carbocycles. The first kappa shape index (κ1) is 17.3. The molecule has 1 amide bonds. The fourth-order valence-electron chi connectivity index (χ4n) is 2.46. The molecule has 1 heterocycles. The van der Waals surface area contributed by atoms with Gasteiger partial charge in [-0.3, -0.25) is 4.79 Å². The molecular weight excluding hydrogens is 326 g/mol. The molecule has 0 unspecified atom stereocenters. The highest BCUT2D eigenvalue weighted by Crippen LogP contribution is 2.27. The van der Waals surface area contributed by atoms with E-state index in [9.17, 15) is 4.79 Å². The van der Waals surface area contributed by atoms with Crippen LogP contribution in [0.2, 0.25) is 0 Å². The van der Waals surface area contributed by atoms with Crippen LogP contribution < -0.4 is 10.2 Å². The first-order valence-electron chi connectivity index (χ1n) is 8.14. The van der Waals surface area contributed by atoms with E-state index >= 15 is 0 Å². The van der Waals surface area contributed by atoms with E-state index in [1.54, 1.807) is 30.5 Å². The summed E-state index contributed by atoms with van der Waals surface area (Å²) >= 11 is 0. The summed E-state index contributed by atoms with van der Waals surface area (Å²) in [6, 6.07) is 15.1. The zero-order chi connectivity index (χ0) is 18.5. The molecule has 1 N–H and O–H groups in total. The number of aromatic nitrogens is 1. The van der Waals surface area contributed by atoms with E-state index in [1.807, 2.05) is 43.3 Å². The number of rotatable bonds is 5. The molecule has 3 rings (SSSR count). The summed E-state index contributed by atoms with van der Waals surface area (Å²) in [5.74, 6) is 3.37. The lowest BCUT2D eigenvalue weighted by molar-refractivity contribution is 0.0958. The number of amides is 1. The molecule has 0 saturated heterocycles. The number of carbonyl (C=O) groups is 1. The van der Waals surface area contributed by atoms with Crippen LogP contribution in [0, 0.1) is 12.3 Å². The Balaban J connectivity index is 1.77. The summed E-state index contributed by atoms with van der Waals surface area (Å²) in [4.78, 5) is 18.2. The van der Waals surface area contributed by atoms with Gasteiger partial charge in [0.15, 0.2) is 5.76 Å². The van der Waals surface area contributed by atoms with Crippen molar-refractivity contribution in [1.82, 2.24) is 10.3 Å². The first-order chi connectivity index (χ1) is 12.6. The van der Waals surface area contributed by atoms with Crippen molar-refractivity contribution in [2.75, 3.05) is 25.5 Å². The molecule has 0 radical (unpaired) electrons. The monoisotopic (exact) mass is 345 g/mol. The van der Waals surface area contributed by atoms with Crippen molar-refractivity contribution < 1.29 is 9.21 Å². The van der Waals surface area contributed by atoms with Gasteiger partial charge in [0.25, 0.3) is 5.91 Å². The predicted molar refractivity (Wildman–Crippen MR) is 103 cm³/mol. The van der Waals surface area contributed by atoms with E-state index in [0.29, 0.717) is 17.2 Å². The summed E-state index contributed by atoms with van der Waals surface area (Å²) in [5, 5.41) is 2.63. The number of anilines is 1. The molecular formula is C21H19N3O2. The van der Waals surface area contributed by atoms with Gasteiger partial charge in [-0.25, -0.2) is 4.98 Å². The summed E-state index contributed by atoms with van der Waals surface area (Å²) in [6.07, 6.45) is 6.84. The van der Waals surface area contributed by atoms with Crippen LogP contribution in [0.4, 0.5) is 5.69 Å². The topological polar surface area (TPSA) is 58.4 Å². The molecule has 2 aromatic carbocycles. The molecule has 0 atom stereocenters. The second kappa shape index (κ2) is 7.58. The highest BCUT2D eigenvalue weighted by molar-refractivity contribution is 5.94. The SMILES string of the molecule is C#CCNC(=O)c1ccc(-c2ncc(-c3ccc(N(C)C)cc3)o2)cc1. The van der Waals surface area contributed by atoms with Crippen molar-refractivity contribution in [1.29, 1.82) is 0 Å². The standard InChI is InChI=1S/C21H19N3O2/c1-4-13-22-20(25)16-5-7-17(8-6-16)21-23-14-19(26-21)15-9-11-18(12-10-15)24(2)3/h1,5-12,14H,13H2,2-3H3,(H,22,25). The summed E-state index contributed by atoms with van der Waals surface area (Å²) in [6.45, 7) is 0.205. The number of nitrogens with zero attached hydrogens (tertiary/aromatic N) is 2. The Morgan fingerprint density at radius 2 is 1.77 bits per heavy atom. The minimum Gasteiger partial charge on any atom is -0.436 e. The van der Waals surface area contributed by atoms with Gasteiger partial charge in [0.2, 0.25) is 5.89 Å². The summed E-state index contributed by atoms with van der Waals surface area (Å²) in [7, 11) is 4.00. The van der Waals surface area contributed by atoms with E-state index in [0.717, 1.165) is 16.8 Å². The summed E-state index contributed by atoms with van der Waals surface area (Å²) in [5.41, 5.74) is 3.41. The van der Waals surface area contributed by atoms with E-state index < -0.39 is 0 Å². The second-order valence-electron chi connectivity index (χ2n) is 5.94. The van der Waals surface area contributed by atoms with Gasteiger partial charge < -0.3 is 14.6 Å². The molecule has 0 aliphatic heterocycles. The molecule has 5 nitrogen and oxygen atoms in total. The Labute approximate surface area is 152 Å². The smallest absolute Gasteiger partial charge is 0.252 e. The maximum atomic E-state index is 11.9. The fraction of sp³-hybridized carbons (Fsp3) is 0.143. The number of hydrogen-bond donors (Lipinski definition) is 1. The highest BCUT2D eigenvalue weighted by Gasteiger charge is 2.10. The molecule has 0 aliphatic rings. The van der Waals surface area contributed by atoms with Crippen molar-refractivity contribution in [2.45, 2.75) is 0 Å². The molecule has 0 bridgehead atoms. The lowest BCUT2D eigenvalue weighted by atomic mass is 10.1. The third kappa shape index (κ3) is 3.76. The fourth-order valence-corrected chi connectivity index (χ4v) is 2.46. The van der Waals surface area contributed by atoms with Gasteiger partial charge in [0.05, 0.1) is 12.7 Å². The Morgan fingerprint density at radius 1 is 1.12 bits per heavy atom.